The average Bonchev–Trinajstić information content (AvgIpc) is 2.38. The standard InChI is InChI=1S/C11H15N3O2/c15-11(9-1-3-12-4-2-9)14-7-10-8-16-6-5-13-10/h1-4,10,13H,5-8H2,(H,14,15). The van der Waals surface area contributed by atoms with Gasteiger partial charge < -0.3 is 15.4 Å². The number of ether oxygens (including phenoxy) is 1. The summed E-state index contributed by atoms with van der Waals surface area (Å²) in [5.41, 5.74) is 0.631. The first-order chi connectivity index (χ1) is 7.86. The lowest BCUT2D eigenvalue weighted by molar-refractivity contribution is 0.0734. The van der Waals surface area contributed by atoms with E-state index in [1.165, 1.54) is 0 Å². The van der Waals surface area contributed by atoms with Gasteiger partial charge >= 0.3 is 0 Å². The average molecular weight is 221 g/mol. The van der Waals surface area contributed by atoms with E-state index >= 15 is 0 Å². The second-order valence-corrected chi connectivity index (χ2v) is 3.67. The lowest BCUT2D eigenvalue weighted by atomic mass is 10.2. The van der Waals surface area contributed by atoms with E-state index in [2.05, 4.69) is 15.6 Å². The molecule has 2 N–H and O–H groups in total. The van der Waals surface area contributed by atoms with Crippen LogP contribution in [0.4, 0.5) is 0 Å². The Morgan fingerprint density at radius 3 is 3.06 bits per heavy atom. The summed E-state index contributed by atoms with van der Waals surface area (Å²) in [4.78, 5) is 15.5. The summed E-state index contributed by atoms with van der Waals surface area (Å²) in [6.45, 7) is 2.82. The molecule has 1 fully saturated rings. The third-order valence-electron chi connectivity index (χ3n) is 2.45. The summed E-state index contributed by atoms with van der Waals surface area (Å²) in [5.74, 6) is -0.0743. The second-order valence-electron chi connectivity index (χ2n) is 3.67. The van der Waals surface area contributed by atoms with Crippen LogP contribution in [-0.2, 0) is 4.74 Å². The molecule has 1 saturated heterocycles. The fraction of sp³-hybridized carbons (Fsp3) is 0.455. The fourth-order valence-electron chi connectivity index (χ4n) is 1.57. The van der Waals surface area contributed by atoms with Crippen molar-refractivity contribution in [1.82, 2.24) is 15.6 Å². The minimum Gasteiger partial charge on any atom is -0.378 e. The first kappa shape index (κ1) is 11.0. The van der Waals surface area contributed by atoms with Gasteiger partial charge in [-0.3, -0.25) is 9.78 Å². The number of nitrogens with one attached hydrogen (secondary N) is 2. The highest BCUT2D eigenvalue weighted by atomic mass is 16.5. The number of hydrogen-bond acceptors (Lipinski definition) is 4. The fourth-order valence-corrected chi connectivity index (χ4v) is 1.57. The molecule has 0 aromatic carbocycles. The molecule has 0 aliphatic carbocycles. The van der Waals surface area contributed by atoms with Gasteiger partial charge in [0.05, 0.1) is 13.2 Å². The van der Waals surface area contributed by atoms with Crippen LogP contribution in [0.15, 0.2) is 24.5 Å². The molecule has 1 amide bonds. The molecule has 1 atom stereocenters. The summed E-state index contributed by atoms with van der Waals surface area (Å²) in [5, 5.41) is 6.13. The van der Waals surface area contributed by atoms with Gasteiger partial charge in [0.1, 0.15) is 0 Å². The molecular formula is C11H15N3O2. The van der Waals surface area contributed by atoms with E-state index in [0.717, 1.165) is 13.2 Å². The van der Waals surface area contributed by atoms with E-state index in [1.807, 2.05) is 0 Å². The zero-order chi connectivity index (χ0) is 11.2. The van der Waals surface area contributed by atoms with E-state index in [1.54, 1.807) is 24.5 Å². The quantitative estimate of drug-likeness (QED) is 0.742. The van der Waals surface area contributed by atoms with Gasteiger partial charge in [0.25, 0.3) is 5.91 Å². The summed E-state index contributed by atoms with van der Waals surface area (Å²) in [6.07, 6.45) is 3.22. The number of carbonyl (C=O) groups excluding carboxylic acids is 1. The molecule has 1 unspecified atom stereocenters. The molecule has 2 heterocycles. The normalized spacial score (nSPS) is 20.4. The topological polar surface area (TPSA) is 63.2 Å². The van der Waals surface area contributed by atoms with Crippen LogP contribution in [-0.4, -0.2) is 43.2 Å². The van der Waals surface area contributed by atoms with Gasteiger partial charge in [-0.2, -0.15) is 0 Å². The minimum atomic E-state index is -0.0743. The predicted octanol–water partition coefficient (Wildman–Crippen LogP) is -0.200. The zero-order valence-electron chi connectivity index (χ0n) is 8.98. The Labute approximate surface area is 94.2 Å². The highest BCUT2D eigenvalue weighted by molar-refractivity contribution is 5.93. The van der Waals surface area contributed by atoms with Gasteiger partial charge in [-0.1, -0.05) is 0 Å². The predicted molar refractivity (Wildman–Crippen MR) is 59.2 cm³/mol. The van der Waals surface area contributed by atoms with Crippen LogP contribution in [0.1, 0.15) is 10.4 Å². The third-order valence-corrected chi connectivity index (χ3v) is 2.45. The summed E-state index contributed by atoms with van der Waals surface area (Å²) in [6, 6.07) is 3.60. The number of nitrogens with zero attached hydrogens (tertiary/aromatic N) is 1. The minimum absolute atomic E-state index is 0.0743. The Morgan fingerprint density at radius 2 is 2.38 bits per heavy atom. The first-order valence-electron chi connectivity index (χ1n) is 5.35. The molecule has 5 heteroatoms. The van der Waals surface area contributed by atoms with Crippen LogP contribution in [0.2, 0.25) is 0 Å². The Balaban J connectivity index is 1.79. The number of amides is 1. The Bertz CT molecular complexity index is 336. The molecule has 86 valence electrons. The monoisotopic (exact) mass is 221 g/mol. The van der Waals surface area contributed by atoms with E-state index in [0.29, 0.717) is 18.7 Å². The van der Waals surface area contributed by atoms with E-state index in [-0.39, 0.29) is 11.9 Å². The molecular weight excluding hydrogens is 206 g/mol. The largest absolute Gasteiger partial charge is 0.378 e. The molecule has 1 aromatic rings. The summed E-state index contributed by atoms with van der Waals surface area (Å²) < 4.78 is 5.30. The molecule has 0 spiro atoms. The van der Waals surface area contributed by atoms with Crippen molar-refractivity contribution in [3.05, 3.63) is 30.1 Å². The highest BCUT2D eigenvalue weighted by Gasteiger charge is 2.14. The zero-order valence-corrected chi connectivity index (χ0v) is 8.98. The van der Waals surface area contributed by atoms with Gasteiger partial charge in [-0.05, 0) is 12.1 Å². The van der Waals surface area contributed by atoms with Crippen molar-refractivity contribution in [1.29, 1.82) is 0 Å². The first-order valence-corrected chi connectivity index (χ1v) is 5.35. The Hall–Kier alpha value is -1.46. The van der Waals surface area contributed by atoms with Crippen LogP contribution in [0.5, 0.6) is 0 Å². The molecule has 0 saturated carbocycles. The number of aromatic nitrogens is 1. The molecule has 0 radical (unpaired) electrons. The van der Waals surface area contributed by atoms with Crippen molar-refractivity contribution in [3.8, 4) is 0 Å². The number of pyridine rings is 1. The molecule has 1 aliphatic rings. The molecule has 0 bridgehead atoms. The maximum absolute atomic E-state index is 11.7. The van der Waals surface area contributed by atoms with E-state index in [4.69, 9.17) is 4.74 Å². The Kier molecular flexibility index (Phi) is 3.85. The van der Waals surface area contributed by atoms with Crippen molar-refractivity contribution in [2.75, 3.05) is 26.3 Å². The van der Waals surface area contributed by atoms with Crippen LogP contribution < -0.4 is 10.6 Å². The van der Waals surface area contributed by atoms with Crippen molar-refractivity contribution >= 4 is 5.91 Å². The smallest absolute Gasteiger partial charge is 0.251 e. The Morgan fingerprint density at radius 1 is 1.56 bits per heavy atom. The summed E-state index contributed by atoms with van der Waals surface area (Å²) >= 11 is 0. The molecule has 5 nitrogen and oxygen atoms in total. The van der Waals surface area contributed by atoms with Gasteiger partial charge in [0.2, 0.25) is 0 Å². The second kappa shape index (κ2) is 5.58. The lowest BCUT2D eigenvalue weighted by Crippen LogP contribution is -2.48. The van der Waals surface area contributed by atoms with Gasteiger partial charge in [-0.15, -0.1) is 0 Å². The molecule has 1 aliphatic heterocycles. The SMILES string of the molecule is O=C(NCC1COCCN1)c1ccncc1. The third kappa shape index (κ3) is 3.01. The van der Waals surface area contributed by atoms with Crippen LogP contribution >= 0.6 is 0 Å². The van der Waals surface area contributed by atoms with Crippen molar-refractivity contribution < 1.29 is 9.53 Å². The number of hydrogen-bond donors (Lipinski definition) is 2. The molecule has 16 heavy (non-hydrogen) atoms. The number of morpholine rings is 1. The van der Waals surface area contributed by atoms with Crippen LogP contribution in [0, 0.1) is 0 Å². The highest BCUT2D eigenvalue weighted by Crippen LogP contribution is 1.96. The van der Waals surface area contributed by atoms with Gasteiger partial charge in [-0.25, -0.2) is 0 Å². The van der Waals surface area contributed by atoms with E-state index < -0.39 is 0 Å². The van der Waals surface area contributed by atoms with Gasteiger partial charge in [0.15, 0.2) is 0 Å². The van der Waals surface area contributed by atoms with E-state index in [9.17, 15) is 4.79 Å². The van der Waals surface area contributed by atoms with Crippen LogP contribution in [0.25, 0.3) is 0 Å². The lowest BCUT2D eigenvalue weighted by Gasteiger charge is -2.23. The summed E-state index contributed by atoms with van der Waals surface area (Å²) in [7, 11) is 0. The van der Waals surface area contributed by atoms with Crippen LogP contribution in [0.3, 0.4) is 0 Å². The molecule has 2 rings (SSSR count). The van der Waals surface area contributed by atoms with Crippen molar-refractivity contribution in [2.45, 2.75) is 6.04 Å². The number of rotatable bonds is 3. The van der Waals surface area contributed by atoms with Crippen molar-refractivity contribution in [2.24, 2.45) is 0 Å². The maximum atomic E-state index is 11.7. The molecule has 1 aromatic heterocycles. The number of carbonyl (C=O) groups is 1. The van der Waals surface area contributed by atoms with Gasteiger partial charge in [0, 0.05) is 37.1 Å². The van der Waals surface area contributed by atoms with Crippen molar-refractivity contribution in [3.63, 3.8) is 0 Å². The maximum Gasteiger partial charge on any atom is 0.251 e.